The van der Waals surface area contributed by atoms with Gasteiger partial charge in [-0.25, -0.2) is 9.50 Å². The van der Waals surface area contributed by atoms with E-state index in [0.717, 1.165) is 33.7 Å². The standard InChI is InChI=1S/C28H27N3O4/c1-4-6-22(16-27(32)34-5-2)20-9-13-26(14-10-20)35-18-24-15-23(17-31-28(24)29-19-30-31)21-7-11-25(33-3)12-8-21/h7-15,17,19,22H,5,16,18H2,1-3H3/t22-/m0/s1. The molecule has 4 rings (SSSR count). The molecule has 0 aliphatic rings. The van der Waals surface area contributed by atoms with Gasteiger partial charge in [0.05, 0.1) is 26.1 Å². The van der Waals surface area contributed by atoms with Crippen LogP contribution in [0, 0.1) is 11.8 Å². The van der Waals surface area contributed by atoms with Crippen LogP contribution in [0.25, 0.3) is 16.8 Å². The summed E-state index contributed by atoms with van der Waals surface area (Å²) in [4.78, 5) is 16.3. The van der Waals surface area contributed by atoms with Crippen molar-refractivity contribution in [3.63, 3.8) is 0 Å². The van der Waals surface area contributed by atoms with Gasteiger partial charge in [0.25, 0.3) is 0 Å². The van der Waals surface area contributed by atoms with Crippen molar-refractivity contribution in [1.82, 2.24) is 14.6 Å². The van der Waals surface area contributed by atoms with Gasteiger partial charge in [-0.2, -0.15) is 5.10 Å². The van der Waals surface area contributed by atoms with E-state index >= 15 is 0 Å². The Hall–Kier alpha value is -4.31. The quantitative estimate of drug-likeness (QED) is 0.252. The van der Waals surface area contributed by atoms with E-state index in [0.29, 0.717) is 19.0 Å². The van der Waals surface area contributed by atoms with Gasteiger partial charge in [-0.3, -0.25) is 4.79 Å². The van der Waals surface area contributed by atoms with E-state index < -0.39 is 0 Å². The summed E-state index contributed by atoms with van der Waals surface area (Å²) >= 11 is 0. The van der Waals surface area contributed by atoms with Gasteiger partial charge in [-0.1, -0.05) is 30.2 Å². The molecule has 0 unspecified atom stereocenters. The van der Waals surface area contributed by atoms with Crippen molar-refractivity contribution in [2.45, 2.75) is 32.8 Å². The molecule has 7 nitrogen and oxygen atoms in total. The van der Waals surface area contributed by atoms with Crippen molar-refractivity contribution in [2.75, 3.05) is 13.7 Å². The molecule has 0 N–H and O–H groups in total. The average Bonchev–Trinajstić information content (AvgIpc) is 3.36. The van der Waals surface area contributed by atoms with Crippen molar-refractivity contribution in [2.24, 2.45) is 0 Å². The fraction of sp³-hybridized carbons (Fsp3) is 0.250. The predicted octanol–water partition coefficient (Wildman–Crippen LogP) is 5.04. The number of carbonyl (C=O) groups excluding carboxylic acids is 1. The van der Waals surface area contributed by atoms with E-state index in [9.17, 15) is 4.79 Å². The highest BCUT2D eigenvalue weighted by molar-refractivity contribution is 5.71. The maximum atomic E-state index is 11.9. The molecule has 0 fully saturated rings. The lowest BCUT2D eigenvalue weighted by atomic mass is 9.96. The highest BCUT2D eigenvalue weighted by Crippen LogP contribution is 2.26. The first-order valence-electron chi connectivity index (χ1n) is 11.4. The Morgan fingerprint density at radius 3 is 2.49 bits per heavy atom. The van der Waals surface area contributed by atoms with Gasteiger partial charge in [-0.05, 0) is 55.3 Å². The Labute approximate surface area is 204 Å². The number of hydrogen-bond acceptors (Lipinski definition) is 6. The van der Waals surface area contributed by atoms with Gasteiger partial charge in [0.2, 0.25) is 0 Å². The molecule has 0 aliphatic heterocycles. The Morgan fingerprint density at radius 2 is 1.80 bits per heavy atom. The molecule has 0 radical (unpaired) electrons. The molecule has 4 aromatic rings. The second kappa shape index (κ2) is 11.2. The van der Waals surface area contributed by atoms with Crippen LogP contribution in [0.2, 0.25) is 0 Å². The summed E-state index contributed by atoms with van der Waals surface area (Å²) in [5, 5.41) is 4.31. The fourth-order valence-corrected chi connectivity index (χ4v) is 3.81. The monoisotopic (exact) mass is 469 g/mol. The van der Waals surface area contributed by atoms with Crippen LogP contribution in [0.15, 0.2) is 67.1 Å². The largest absolute Gasteiger partial charge is 0.497 e. The normalized spacial score (nSPS) is 11.4. The molecule has 0 amide bonds. The second-order valence-electron chi connectivity index (χ2n) is 7.82. The smallest absolute Gasteiger partial charge is 0.307 e. The predicted molar refractivity (Wildman–Crippen MR) is 133 cm³/mol. The molecule has 0 aliphatic carbocycles. The molecule has 0 spiro atoms. The van der Waals surface area contributed by atoms with E-state index in [1.807, 2.05) is 54.7 Å². The van der Waals surface area contributed by atoms with E-state index in [1.165, 1.54) is 6.33 Å². The maximum Gasteiger partial charge on any atom is 0.307 e. The zero-order valence-corrected chi connectivity index (χ0v) is 20.0. The summed E-state index contributed by atoms with van der Waals surface area (Å²) in [7, 11) is 1.65. The summed E-state index contributed by atoms with van der Waals surface area (Å²) in [6.07, 6.45) is 3.70. The van der Waals surface area contributed by atoms with Crippen LogP contribution >= 0.6 is 0 Å². The summed E-state index contributed by atoms with van der Waals surface area (Å²) < 4.78 is 18.2. The van der Waals surface area contributed by atoms with Gasteiger partial charge in [0.1, 0.15) is 24.4 Å². The molecule has 0 bridgehead atoms. The second-order valence-corrected chi connectivity index (χ2v) is 7.82. The third-order valence-corrected chi connectivity index (χ3v) is 5.55. The molecule has 2 aromatic carbocycles. The summed E-state index contributed by atoms with van der Waals surface area (Å²) in [5.74, 6) is 7.04. The van der Waals surface area contributed by atoms with Crippen LogP contribution in [0.3, 0.4) is 0 Å². The molecule has 178 valence electrons. The third kappa shape index (κ3) is 5.79. The van der Waals surface area contributed by atoms with Gasteiger partial charge in [0.15, 0.2) is 5.65 Å². The number of nitrogens with zero attached hydrogens (tertiary/aromatic N) is 3. The number of methoxy groups -OCH3 is 1. The molecular weight excluding hydrogens is 442 g/mol. The number of ether oxygens (including phenoxy) is 3. The minimum Gasteiger partial charge on any atom is -0.497 e. The van der Waals surface area contributed by atoms with Crippen LogP contribution in [0.1, 0.15) is 37.3 Å². The molecule has 7 heteroatoms. The topological polar surface area (TPSA) is 75.0 Å². The van der Waals surface area contributed by atoms with E-state index in [4.69, 9.17) is 14.2 Å². The Bertz CT molecular complexity index is 1350. The van der Waals surface area contributed by atoms with Crippen molar-refractivity contribution in [3.05, 3.63) is 78.2 Å². The van der Waals surface area contributed by atoms with E-state index in [2.05, 4.69) is 28.0 Å². The molecule has 35 heavy (non-hydrogen) atoms. The number of hydrogen-bond donors (Lipinski definition) is 0. The molecule has 0 saturated heterocycles. The lowest BCUT2D eigenvalue weighted by molar-refractivity contribution is -0.143. The first kappa shape index (κ1) is 23.8. The number of aromatic nitrogens is 3. The van der Waals surface area contributed by atoms with Crippen molar-refractivity contribution in [1.29, 1.82) is 0 Å². The lowest BCUT2D eigenvalue weighted by Crippen LogP contribution is -2.09. The molecule has 2 heterocycles. The molecule has 0 saturated carbocycles. The van der Waals surface area contributed by atoms with Crippen LogP contribution in [-0.4, -0.2) is 34.3 Å². The molecule has 1 atom stereocenters. The highest BCUT2D eigenvalue weighted by Gasteiger charge is 2.15. The van der Waals surface area contributed by atoms with Crippen LogP contribution < -0.4 is 9.47 Å². The summed E-state index contributed by atoms with van der Waals surface area (Å²) in [6, 6.07) is 17.6. The number of pyridine rings is 1. The van der Waals surface area contributed by atoms with Crippen LogP contribution in [0.5, 0.6) is 11.5 Å². The summed E-state index contributed by atoms with van der Waals surface area (Å²) in [5.41, 5.74) is 4.64. The first-order chi connectivity index (χ1) is 17.1. The Kier molecular flexibility index (Phi) is 7.63. The highest BCUT2D eigenvalue weighted by atomic mass is 16.5. The van der Waals surface area contributed by atoms with E-state index in [1.54, 1.807) is 25.5 Å². The fourth-order valence-electron chi connectivity index (χ4n) is 3.81. The SMILES string of the molecule is CC#C[C@@H](CC(=O)OCC)c1ccc(OCc2cc(-c3ccc(OC)cc3)cn3ncnc23)cc1. The van der Waals surface area contributed by atoms with Crippen LogP contribution in [-0.2, 0) is 16.1 Å². The first-order valence-corrected chi connectivity index (χ1v) is 11.4. The van der Waals surface area contributed by atoms with Gasteiger partial charge >= 0.3 is 5.97 Å². The van der Waals surface area contributed by atoms with Gasteiger partial charge in [-0.15, -0.1) is 5.92 Å². The van der Waals surface area contributed by atoms with Crippen molar-refractivity contribution >= 4 is 11.6 Å². The van der Waals surface area contributed by atoms with E-state index in [-0.39, 0.29) is 18.3 Å². The van der Waals surface area contributed by atoms with Crippen LogP contribution in [0.4, 0.5) is 0 Å². The van der Waals surface area contributed by atoms with Gasteiger partial charge < -0.3 is 14.2 Å². The number of fused-ring (bicyclic) bond motifs is 1. The van der Waals surface area contributed by atoms with Gasteiger partial charge in [0, 0.05) is 17.3 Å². The summed E-state index contributed by atoms with van der Waals surface area (Å²) in [6.45, 7) is 4.24. The minimum atomic E-state index is -0.255. The lowest BCUT2D eigenvalue weighted by Gasteiger charge is -2.13. The Balaban J connectivity index is 1.51. The van der Waals surface area contributed by atoms with Crippen molar-refractivity contribution in [3.8, 4) is 34.5 Å². The Morgan fingerprint density at radius 1 is 1.06 bits per heavy atom. The number of rotatable bonds is 9. The number of esters is 1. The maximum absolute atomic E-state index is 11.9. The van der Waals surface area contributed by atoms with Crippen molar-refractivity contribution < 1.29 is 19.0 Å². The minimum absolute atomic E-state index is 0.218. The zero-order valence-electron chi connectivity index (χ0n) is 20.0. The zero-order chi connectivity index (χ0) is 24.6. The number of benzene rings is 2. The molecular formula is C28H27N3O4. The average molecular weight is 470 g/mol. The third-order valence-electron chi connectivity index (χ3n) is 5.55. The number of carbonyl (C=O) groups is 1. The molecule has 2 aromatic heterocycles.